The van der Waals surface area contributed by atoms with Crippen LogP contribution in [0.25, 0.3) is 0 Å². The van der Waals surface area contributed by atoms with Gasteiger partial charge in [-0.05, 0) is 43.3 Å². The molecule has 2 unspecified atom stereocenters. The van der Waals surface area contributed by atoms with Gasteiger partial charge >= 0.3 is 5.97 Å². The zero-order chi connectivity index (χ0) is 11.7. The number of hydrogen-bond donors (Lipinski definition) is 1. The van der Waals surface area contributed by atoms with E-state index in [0.717, 1.165) is 19.5 Å². The molecule has 1 N–H and O–H groups in total. The lowest BCUT2D eigenvalue weighted by Gasteiger charge is -2.15. The van der Waals surface area contributed by atoms with E-state index in [9.17, 15) is 4.79 Å². The lowest BCUT2D eigenvalue weighted by atomic mass is 10.2. The largest absolute Gasteiger partial charge is 0.481 e. The zero-order valence-corrected chi connectivity index (χ0v) is 10.5. The average molecular weight is 239 g/mol. The number of aryl methyl sites for hydroxylation is 1. The van der Waals surface area contributed by atoms with Gasteiger partial charge in [0.2, 0.25) is 0 Å². The van der Waals surface area contributed by atoms with E-state index in [4.69, 9.17) is 5.11 Å². The minimum Gasteiger partial charge on any atom is -0.481 e. The minimum atomic E-state index is -0.634. The number of thiophene rings is 1. The molecule has 0 amide bonds. The highest BCUT2D eigenvalue weighted by molar-refractivity contribution is 7.10. The molecule has 1 aromatic heterocycles. The summed E-state index contributed by atoms with van der Waals surface area (Å²) in [6.07, 6.45) is 0.850. The highest BCUT2D eigenvalue weighted by atomic mass is 32.1. The first-order valence-corrected chi connectivity index (χ1v) is 6.40. The molecule has 1 aromatic rings. The Balaban J connectivity index is 1.80. The Morgan fingerprint density at radius 1 is 1.69 bits per heavy atom. The van der Waals surface area contributed by atoms with Crippen LogP contribution in [0, 0.1) is 18.8 Å². The van der Waals surface area contributed by atoms with Gasteiger partial charge in [0.1, 0.15) is 0 Å². The zero-order valence-electron chi connectivity index (χ0n) is 9.64. The fourth-order valence-corrected chi connectivity index (χ4v) is 3.01. The minimum absolute atomic E-state index is 0.0908. The maximum Gasteiger partial charge on any atom is 0.306 e. The normalized spacial score (nSPS) is 23.7. The summed E-state index contributed by atoms with van der Waals surface area (Å²) in [7, 11) is 2.07. The van der Waals surface area contributed by atoms with Crippen molar-refractivity contribution in [2.24, 2.45) is 11.8 Å². The predicted molar refractivity (Wildman–Crippen MR) is 64.6 cm³/mol. The molecule has 0 aromatic carbocycles. The summed E-state index contributed by atoms with van der Waals surface area (Å²) in [5, 5.41) is 10.9. The highest BCUT2D eigenvalue weighted by Gasteiger charge is 2.43. The molecule has 1 aliphatic rings. The van der Waals surface area contributed by atoms with Crippen LogP contribution in [0.15, 0.2) is 11.4 Å². The van der Waals surface area contributed by atoms with Crippen molar-refractivity contribution in [3.8, 4) is 0 Å². The summed E-state index contributed by atoms with van der Waals surface area (Å²) < 4.78 is 0. The van der Waals surface area contributed by atoms with Crippen LogP contribution in [0.1, 0.15) is 16.9 Å². The van der Waals surface area contributed by atoms with Crippen LogP contribution >= 0.6 is 11.3 Å². The van der Waals surface area contributed by atoms with Gasteiger partial charge in [-0.25, -0.2) is 0 Å². The summed E-state index contributed by atoms with van der Waals surface area (Å²) in [6, 6.07) is 2.13. The van der Waals surface area contributed by atoms with Crippen LogP contribution in [0.5, 0.6) is 0 Å². The molecule has 1 aliphatic carbocycles. The van der Waals surface area contributed by atoms with Crippen LogP contribution in [-0.4, -0.2) is 29.6 Å². The summed E-state index contributed by atoms with van der Waals surface area (Å²) >= 11 is 1.77. The number of hydrogen-bond acceptors (Lipinski definition) is 3. The molecule has 1 heterocycles. The Morgan fingerprint density at radius 3 is 2.94 bits per heavy atom. The third-order valence-corrected chi connectivity index (χ3v) is 4.18. The van der Waals surface area contributed by atoms with Crippen molar-refractivity contribution >= 4 is 17.3 Å². The molecule has 88 valence electrons. The maximum absolute atomic E-state index is 10.7. The average Bonchev–Trinajstić information content (AvgIpc) is 2.85. The van der Waals surface area contributed by atoms with Crippen molar-refractivity contribution in [3.05, 3.63) is 21.9 Å². The molecule has 0 bridgehead atoms. The summed E-state index contributed by atoms with van der Waals surface area (Å²) in [6.45, 7) is 3.96. The monoisotopic (exact) mass is 239 g/mol. The predicted octanol–water partition coefficient (Wildman–Crippen LogP) is 2.21. The quantitative estimate of drug-likeness (QED) is 0.856. The summed E-state index contributed by atoms with van der Waals surface area (Å²) in [5.74, 6) is -0.361. The molecule has 1 saturated carbocycles. The number of carboxylic acids is 1. The van der Waals surface area contributed by atoms with Crippen LogP contribution in [0.3, 0.4) is 0 Å². The van der Waals surface area contributed by atoms with Gasteiger partial charge in [0.05, 0.1) is 5.92 Å². The Hall–Kier alpha value is -0.870. The van der Waals surface area contributed by atoms with E-state index in [1.807, 2.05) is 0 Å². The second kappa shape index (κ2) is 4.55. The van der Waals surface area contributed by atoms with Crippen molar-refractivity contribution in [3.63, 3.8) is 0 Å². The molecule has 4 heteroatoms. The SMILES string of the molecule is Cc1ccsc1CN(C)CC1CC1C(=O)O. The van der Waals surface area contributed by atoms with Crippen molar-refractivity contribution in [2.45, 2.75) is 19.9 Å². The lowest BCUT2D eigenvalue weighted by molar-refractivity contribution is -0.138. The molecule has 1 fully saturated rings. The molecule has 2 rings (SSSR count). The molecule has 0 aliphatic heterocycles. The number of aliphatic carboxylic acids is 1. The van der Waals surface area contributed by atoms with Gasteiger partial charge in [-0.3, -0.25) is 4.79 Å². The van der Waals surface area contributed by atoms with Gasteiger partial charge in [-0.1, -0.05) is 0 Å². The number of rotatable bonds is 5. The number of carbonyl (C=O) groups is 1. The number of nitrogens with zero attached hydrogens (tertiary/aromatic N) is 1. The molecule has 0 radical (unpaired) electrons. The highest BCUT2D eigenvalue weighted by Crippen LogP contribution is 2.39. The first-order chi connectivity index (χ1) is 7.58. The van der Waals surface area contributed by atoms with Crippen molar-refractivity contribution in [1.29, 1.82) is 0 Å². The van der Waals surface area contributed by atoms with Gasteiger partial charge in [0.15, 0.2) is 0 Å². The molecule has 2 atom stereocenters. The molecular weight excluding hydrogens is 222 g/mol. The topological polar surface area (TPSA) is 40.5 Å². The van der Waals surface area contributed by atoms with E-state index < -0.39 is 5.97 Å². The van der Waals surface area contributed by atoms with Crippen molar-refractivity contribution < 1.29 is 9.90 Å². The van der Waals surface area contributed by atoms with Crippen molar-refractivity contribution in [2.75, 3.05) is 13.6 Å². The Labute approximate surface area is 99.7 Å². The van der Waals surface area contributed by atoms with E-state index >= 15 is 0 Å². The first kappa shape index (κ1) is 11.6. The van der Waals surface area contributed by atoms with Crippen LogP contribution in [-0.2, 0) is 11.3 Å². The van der Waals surface area contributed by atoms with Crippen LogP contribution in [0.4, 0.5) is 0 Å². The van der Waals surface area contributed by atoms with E-state index in [1.165, 1.54) is 10.4 Å². The van der Waals surface area contributed by atoms with Crippen molar-refractivity contribution in [1.82, 2.24) is 4.90 Å². The van der Waals surface area contributed by atoms with Gasteiger partial charge in [-0.15, -0.1) is 11.3 Å². The lowest BCUT2D eigenvalue weighted by Crippen LogP contribution is -2.21. The number of carboxylic acid groups (broad SMARTS) is 1. The van der Waals surface area contributed by atoms with E-state index in [-0.39, 0.29) is 5.92 Å². The Bertz CT molecular complexity index is 388. The molecule has 3 nitrogen and oxygen atoms in total. The van der Waals surface area contributed by atoms with Crippen LogP contribution in [0.2, 0.25) is 0 Å². The Morgan fingerprint density at radius 2 is 2.44 bits per heavy atom. The summed E-state index contributed by atoms with van der Waals surface area (Å²) in [4.78, 5) is 14.3. The molecular formula is C12H17NO2S. The van der Waals surface area contributed by atoms with Crippen LogP contribution < -0.4 is 0 Å². The van der Waals surface area contributed by atoms with E-state index in [2.05, 4.69) is 30.3 Å². The van der Waals surface area contributed by atoms with Gasteiger partial charge in [-0.2, -0.15) is 0 Å². The second-order valence-corrected chi connectivity index (χ2v) is 5.66. The van der Waals surface area contributed by atoms with Gasteiger partial charge < -0.3 is 10.0 Å². The first-order valence-electron chi connectivity index (χ1n) is 5.52. The fourth-order valence-electron chi connectivity index (χ4n) is 2.03. The third kappa shape index (κ3) is 2.62. The Kier molecular flexibility index (Phi) is 3.30. The molecule has 0 saturated heterocycles. The van der Waals surface area contributed by atoms with E-state index in [1.54, 1.807) is 11.3 Å². The second-order valence-electron chi connectivity index (χ2n) is 4.66. The van der Waals surface area contributed by atoms with E-state index in [0.29, 0.717) is 5.92 Å². The smallest absolute Gasteiger partial charge is 0.306 e. The molecule has 0 spiro atoms. The fraction of sp³-hybridized carbons (Fsp3) is 0.583. The van der Waals surface area contributed by atoms with Gasteiger partial charge in [0.25, 0.3) is 0 Å². The standard InChI is InChI=1S/C12H17NO2S/c1-8-3-4-16-11(8)7-13(2)6-9-5-10(9)12(14)15/h3-4,9-10H,5-7H2,1-2H3,(H,14,15). The molecule has 16 heavy (non-hydrogen) atoms. The maximum atomic E-state index is 10.7. The van der Waals surface area contributed by atoms with Gasteiger partial charge in [0, 0.05) is 18.0 Å². The summed E-state index contributed by atoms with van der Waals surface area (Å²) in [5.41, 5.74) is 1.34. The third-order valence-electron chi connectivity index (χ3n) is 3.17.